The Hall–Kier alpha value is -1.47. The lowest BCUT2D eigenvalue weighted by Gasteiger charge is -2.12. The molecule has 0 unspecified atom stereocenters. The van der Waals surface area contributed by atoms with Gasteiger partial charge in [-0.25, -0.2) is 8.78 Å². The fourth-order valence-electron chi connectivity index (χ4n) is 1.25. The molecule has 4 heteroatoms. The Balaban J connectivity index is 2.57. The molecule has 0 aliphatic carbocycles. The average molecular weight is 210 g/mol. The maximum absolute atomic E-state index is 13.2. The van der Waals surface area contributed by atoms with Gasteiger partial charge >= 0.3 is 0 Å². The number of nitriles is 1. The SMILES string of the molecule is CN(CC#N)CCc1cc(F)ccc1F. The molecule has 15 heavy (non-hydrogen) atoms. The van der Waals surface area contributed by atoms with Crippen molar-refractivity contribution in [3.63, 3.8) is 0 Å². The maximum Gasteiger partial charge on any atom is 0.126 e. The molecule has 0 amide bonds. The van der Waals surface area contributed by atoms with Crippen molar-refractivity contribution >= 4 is 0 Å². The molecular formula is C11H12F2N2. The second-order valence-corrected chi connectivity index (χ2v) is 3.38. The van der Waals surface area contributed by atoms with Gasteiger partial charge in [0.05, 0.1) is 12.6 Å². The van der Waals surface area contributed by atoms with Gasteiger partial charge in [0.1, 0.15) is 11.6 Å². The van der Waals surface area contributed by atoms with E-state index in [-0.39, 0.29) is 6.54 Å². The molecule has 80 valence electrons. The average Bonchev–Trinajstić information content (AvgIpc) is 2.20. The summed E-state index contributed by atoms with van der Waals surface area (Å²) in [6.45, 7) is 0.824. The Morgan fingerprint density at radius 3 is 2.80 bits per heavy atom. The predicted octanol–water partition coefficient (Wildman–Crippen LogP) is 1.96. The van der Waals surface area contributed by atoms with Gasteiger partial charge in [-0.3, -0.25) is 4.90 Å². The Bertz CT molecular complexity index is 371. The Kier molecular flexibility index (Phi) is 4.19. The van der Waals surface area contributed by atoms with Crippen molar-refractivity contribution in [3.8, 4) is 6.07 Å². The molecule has 0 radical (unpaired) electrons. The van der Waals surface area contributed by atoms with Crippen LogP contribution < -0.4 is 0 Å². The van der Waals surface area contributed by atoms with Crippen molar-refractivity contribution in [2.75, 3.05) is 20.1 Å². The van der Waals surface area contributed by atoms with E-state index >= 15 is 0 Å². The minimum Gasteiger partial charge on any atom is -0.293 e. The van der Waals surface area contributed by atoms with Crippen molar-refractivity contribution in [2.24, 2.45) is 0 Å². The molecular weight excluding hydrogens is 198 g/mol. The van der Waals surface area contributed by atoms with Crippen LogP contribution in [0.25, 0.3) is 0 Å². The van der Waals surface area contributed by atoms with E-state index in [0.29, 0.717) is 18.5 Å². The van der Waals surface area contributed by atoms with Crippen LogP contribution in [0.15, 0.2) is 18.2 Å². The summed E-state index contributed by atoms with van der Waals surface area (Å²) in [6.07, 6.45) is 0.405. The highest BCUT2D eigenvalue weighted by molar-refractivity contribution is 5.19. The number of halogens is 2. The van der Waals surface area contributed by atoms with E-state index in [1.807, 2.05) is 6.07 Å². The molecule has 0 aliphatic heterocycles. The molecule has 0 saturated heterocycles. The summed E-state index contributed by atoms with van der Waals surface area (Å²) in [5, 5.41) is 8.41. The van der Waals surface area contributed by atoms with E-state index in [1.165, 1.54) is 6.07 Å². The van der Waals surface area contributed by atoms with Crippen LogP contribution in [0.4, 0.5) is 8.78 Å². The third-order valence-electron chi connectivity index (χ3n) is 2.11. The summed E-state index contributed by atoms with van der Waals surface area (Å²) in [4.78, 5) is 1.75. The van der Waals surface area contributed by atoms with Crippen LogP contribution >= 0.6 is 0 Å². The van der Waals surface area contributed by atoms with Crippen LogP contribution in [-0.2, 0) is 6.42 Å². The first-order valence-electron chi connectivity index (χ1n) is 4.63. The zero-order valence-corrected chi connectivity index (χ0v) is 8.50. The fraction of sp³-hybridized carbons (Fsp3) is 0.364. The predicted molar refractivity (Wildman–Crippen MR) is 53.2 cm³/mol. The van der Waals surface area contributed by atoms with E-state index in [9.17, 15) is 8.78 Å². The lowest BCUT2D eigenvalue weighted by atomic mass is 10.1. The van der Waals surface area contributed by atoms with Crippen LogP contribution in [-0.4, -0.2) is 25.0 Å². The first kappa shape index (κ1) is 11.6. The maximum atomic E-state index is 13.2. The molecule has 1 rings (SSSR count). The largest absolute Gasteiger partial charge is 0.293 e. The topological polar surface area (TPSA) is 27.0 Å². The van der Waals surface area contributed by atoms with E-state index in [2.05, 4.69) is 0 Å². The summed E-state index contributed by atoms with van der Waals surface area (Å²) in [5.41, 5.74) is 0.347. The van der Waals surface area contributed by atoms with Crippen molar-refractivity contribution in [1.82, 2.24) is 4.90 Å². The van der Waals surface area contributed by atoms with Crippen molar-refractivity contribution in [1.29, 1.82) is 5.26 Å². The van der Waals surface area contributed by atoms with Gasteiger partial charge < -0.3 is 0 Å². The zero-order chi connectivity index (χ0) is 11.3. The van der Waals surface area contributed by atoms with E-state index in [1.54, 1.807) is 11.9 Å². The quantitative estimate of drug-likeness (QED) is 0.710. The number of benzene rings is 1. The summed E-state index contributed by atoms with van der Waals surface area (Å²) < 4.78 is 25.9. The van der Waals surface area contributed by atoms with Gasteiger partial charge in [-0.15, -0.1) is 0 Å². The monoisotopic (exact) mass is 210 g/mol. The number of rotatable bonds is 4. The number of nitrogens with zero attached hydrogens (tertiary/aromatic N) is 2. The highest BCUT2D eigenvalue weighted by atomic mass is 19.1. The van der Waals surface area contributed by atoms with Crippen molar-refractivity contribution in [2.45, 2.75) is 6.42 Å². The molecule has 2 nitrogen and oxygen atoms in total. The van der Waals surface area contributed by atoms with Gasteiger partial charge in [0.15, 0.2) is 0 Å². The van der Waals surface area contributed by atoms with Gasteiger partial charge in [-0.05, 0) is 37.2 Å². The fourth-order valence-corrected chi connectivity index (χ4v) is 1.25. The Labute approximate surface area is 87.7 Å². The van der Waals surface area contributed by atoms with Crippen molar-refractivity contribution in [3.05, 3.63) is 35.4 Å². The second kappa shape index (κ2) is 5.42. The third-order valence-corrected chi connectivity index (χ3v) is 2.11. The molecule has 0 spiro atoms. The molecule has 1 aromatic carbocycles. The lowest BCUT2D eigenvalue weighted by molar-refractivity contribution is 0.376. The summed E-state index contributed by atoms with van der Waals surface area (Å²) >= 11 is 0. The lowest BCUT2D eigenvalue weighted by Crippen LogP contribution is -2.21. The molecule has 0 aliphatic rings. The first-order chi connectivity index (χ1) is 7.13. The Morgan fingerprint density at radius 1 is 1.40 bits per heavy atom. The molecule has 0 bridgehead atoms. The Morgan fingerprint density at radius 2 is 2.13 bits per heavy atom. The molecule has 0 atom stereocenters. The van der Waals surface area contributed by atoms with E-state index in [0.717, 1.165) is 12.1 Å². The first-order valence-corrected chi connectivity index (χ1v) is 4.63. The minimum absolute atomic E-state index is 0.289. The van der Waals surface area contributed by atoms with Gasteiger partial charge in [0, 0.05) is 6.54 Å². The number of hydrogen-bond donors (Lipinski definition) is 0. The van der Waals surface area contributed by atoms with E-state index < -0.39 is 11.6 Å². The molecule has 0 N–H and O–H groups in total. The van der Waals surface area contributed by atoms with Gasteiger partial charge in [0.2, 0.25) is 0 Å². The standard InChI is InChI=1S/C11H12F2N2/c1-15(7-5-14)6-4-9-8-10(12)2-3-11(9)13/h2-3,8H,4,6-7H2,1H3. The summed E-state index contributed by atoms with van der Waals surface area (Å²) in [5.74, 6) is -0.837. The molecule has 1 aromatic rings. The van der Waals surface area contributed by atoms with Gasteiger partial charge in [-0.1, -0.05) is 0 Å². The third kappa shape index (κ3) is 3.64. The molecule has 0 heterocycles. The minimum atomic E-state index is -0.436. The van der Waals surface area contributed by atoms with Crippen LogP contribution in [0, 0.1) is 23.0 Å². The van der Waals surface area contributed by atoms with Crippen LogP contribution in [0.3, 0.4) is 0 Å². The van der Waals surface area contributed by atoms with Crippen LogP contribution in [0.2, 0.25) is 0 Å². The summed E-state index contributed by atoms with van der Waals surface area (Å²) in [6, 6.07) is 5.39. The number of likely N-dealkylation sites (N-methyl/N-ethyl adjacent to an activating group) is 1. The smallest absolute Gasteiger partial charge is 0.126 e. The van der Waals surface area contributed by atoms with Crippen molar-refractivity contribution < 1.29 is 8.78 Å². The summed E-state index contributed by atoms with van der Waals surface area (Å²) in [7, 11) is 1.76. The van der Waals surface area contributed by atoms with Crippen LogP contribution in [0.5, 0.6) is 0 Å². The molecule has 0 fully saturated rings. The molecule has 0 saturated carbocycles. The van der Waals surface area contributed by atoms with Gasteiger partial charge in [-0.2, -0.15) is 5.26 Å². The van der Waals surface area contributed by atoms with Gasteiger partial charge in [0.25, 0.3) is 0 Å². The second-order valence-electron chi connectivity index (χ2n) is 3.38. The van der Waals surface area contributed by atoms with Crippen LogP contribution in [0.1, 0.15) is 5.56 Å². The molecule has 0 aromatic heterocycles. The normalized spacial score (nSPS) is 10.3. The van der Waals surface area contributed by atoms with E-state index in [4.69, 9.17) is 5.26 Å². The number of hydrogen-bond acceptors (Lipinski definition) is 2. The highest BCUT2D eigenvalue weighted by Crippen LogP contribution is 2.10. The highest BCUT2D eigenvalue weighted by Gasteiger charge is 2.05. The zero-order valence-electron chi connectivity index (χ0n) is 8.50.